The summed E-state index contributed by atoms with van der Waals surface area (Å²) in [5, 5.41) is 18.4. The van der Waals surface area contributed by atoms with Crippen LogP contribution in [0.4, 0.5) is 0 Å². The molecule has 1 fully saturated rings. The molecular weight excluding hydrogens is 234 g/mol. The average molecular weight is 255 g/mol. The van der Waals surface area contributed by atoms with Crippen LogP contribution in [0.2, 0.25) is 0 Å². The zero-order valence-corrected chi connectivity index (χ0v) is 11.2. The molecule has 0 saturated carbocycles. The molecule has 0 bridgehead atoms. The van der Waals surface area contributed by atoms with Gasteiger partial charge in [0.05, 0.1) is 13.2 Å². The van der Waals surface area contributed by atoms with E-state index < -0.39 is 0 Å². The first kappa shape index (κ1) is 13.0. The molecular formula is C13H21NO2S. The summed E-state index contributed by atoms with van der Waals surface area (Å²) in [5.74, 6) is 0. The molecule has 0 aliphatic carbocycles. The molecule has 2 rings (SSSR count). The molecule has 1 aliphatic heterocycles. The number of thiophene rings is 1. The Bertz CT molecular complexity index is 352. The average Bonchev–Trinajstić information content (AvgIpc) is 2.71. The second-order valence-electron chi connectivity index (χ2n) is 5.08. The van der Waals surface area contributed by atoms with Gasteiger partial charge in [-0.3, -0.25) is 4.90 Å². The summed E-state index contributed by atoms with van der Waals surface area (Å²) in [6.45, 7) is 4.95. The van der Waals surface area contributed by atoms with Gasteiger partial charge in [0.25, 0.3) is 0 Å². The van der Waals surface area contributed by atoms with E-state index in [-0.39, 0.29) is 18.6 Å². The fourth-order valence-corrected chi connectivity index (χ4v) is 3.53. The van der Waals surface area contributed by atoms with Crippen LogP contribution in [0.5, 0.6) is 0 Å². The molecule has 0 spiro atoms. The lowest BCUT2D eigenvalue weighted by atomic mass is 9.81. The van der Waals surface area contributed by atoms with Crippen molar-refractivity contribution in [3.8, 4) is 0 Å². The second kappa shape index (κ2) is 5.48. The maximum absolute atomic E-state index is 9.21. The third-order valence-corrected chi connectivity index (χ3v) is 4.51. The Morgan fingerprint density at radius 2 is 1.88 bits per heavy atom. The number of aliphatic hydroxyl groups is 2. The zero-order chi connectivity index (χ0) is 12.3. The zero-order valence-electron chi connectivity index (χ0n) is 10.4. The minimum Gasteiger partial charge on any atom is -0.396 e. The number of hydrogen-bond acceptors (Lipinski definition) is 4. The summed E-state index contributed by atoms with van der Waals surface area (Å²) in [4.78, 5) is 5.13. The highest BCUT2D eigenvalue weighted by molar-refractivity contribution is 7.11. The lowest BCUT2D eigenvalue weighted by Gasteiger charge is -2.48. The van der Waals surface area contributed by atoms with Crippen molar-refractivity contribution in [3.63, 3.8) is 0 Å². The predicted octanol–water partition coefficient (Wildman–Crippen LogP) is 1.49. The molecule has 0 radical (unpaired) electrons. The Labute approximate surface area is 107 Å². The normalized spacial score (nSPS) is 19.2. The first-order valence-electron chi connectivity index (χ1n) is 6.23. The molecule has 2 N–H and O–H groups in total. The molecule has 96 valence electrons. The van der Waals surface area contributed by atoms with Crippen LogP contribution in [0, 0.1) is 5.41 Å². The fourth-order valence-electron chi connectivity index (χ4n) is 2.37. The first-order valence-corrected chi connectivity index (χ1v) is 7.04. The molecule has 1 aliphatic rings. The Kier molecular flexibility index (Phi) is 4.20. The van der Waals surface area contributed by atoms with E-state index in [0.29, 0.717) is 0 Å². The molecule has 2 heterocycles. The van der Waals surface area contributed by atoms with Crippen molar-refractivity contribution >= 4 is 11.3 Å². The van der Waals surface area contributed by atoms with E-state index in [2.05, 4.69) is 24.0 Å². The fraction of sp³-hybridized carbons (Fsp3) is 0.692. The van der Waals surface area contributed by atoms with E-state index in [9.17, 15) is 10.2 Å². The van der Waals surface area contributed by atoms with Crippen molar-refractivity contribution in [2.45, 2.75) is 26.3 Å². The van der Waals surface area contributed by atoms with Gasteiger partial charge in [-0.15, -0.1) is 11.3 Å². The third-order valence-electron chi connectivity index (χ3n) is 3.38. The van der Waals surface area contributed by atoms with Crippen LogP contribution in [0.1, 0.15) is 23.1 Å². The summed E-state index contributed by atoms with van der Waals surface area (Å²) >= 11 is 1.88. The van der Waals surface area contributed by atoms with Gasteiger partial charge in [0.1, 0.15) is 0 Å². The maximum atomic E-state index is 9.21. The molecule has 0 aromatic carbocycles. The van der Waals surface area contributed by atoms with E-state index in [1.807, 2.05) is 11.3 Å². The molecule has 1 aromatic heterocycles. The Hall–Kier alpha value is -0.420. The van der Waals surface area contributed by atoms with Gasteiger partial charge in [0, 0.05) is 34.8 Å². The number of nitrogens with zero attached hydrogens (tertiary/aromatic N) is 1. The van der Waals surface area contributed by atoms with Crippen LogP contribution in [0.25, 0.3) is 0 Å². The van der Waals surface area contributed by atoms with Crippen LogP contribution in [-0.4, -0.2) is 41.4 Å². The van der Waals surface area contributed by atoms with Gasteiger partial charge >= 0.3 is 0 Å². The van der Waals surface area contributed by atoms with Crippen LogP contribution in [-0.2, 0) is 13.0 Å². The highest BCUT2D eigenvalue weighted by atomic mass is 32.1. The van der Waals surface area contributed by atoms with E-state index >= 15 is 0 Å². The van der Waals surface area contributed by atoms with Gasteiger partial charge in [-0.2, -0.15) is 0 Å². The molecule has 0 unspecified atom stereocenters. The third kappa shape index (κ3) is 2.88. The largest absolute Gasteiger partial charge is 0.396 e. The van der Waals surface area contributed by atoms with E-state index in [1.54, 1.807) is 0 Å². The number of likely N-dealkylation sites (tertiary alicyclic amines) is 1. The van der Waals surface area contributed by atoms with E-state index in [1.165, 1.54) is 22.6 Å². The van der Waals surface area contributed by atoms with Crippen LogP contribution in [0.15, 0.2) is 12.1 Å². The van der Waals surface area contributed by atoms with Crippen LogP contribution >= 0.6 is 11.3 Å². The standard InChI is InChI=1S/C13H21NO2S/c1-2-3-11-4-5-12(17-11)6-14-7-13(8-14,9-15)10-16/h4-5,15-16H,2-3,6-10H2,1H3. The van der Waals surface area contributed by atoms with Crippen molar-refractivity contribution in [2.75, 3.05) is 26.3 Å². The van der Waals surface area contributed by atoms with Crippen molar-refractivity contribution in [3.05, 3.63) is 21.9 Å². The molecule has 4 heteroatoms. The number of rotatable bonds is 6. The summed E-state index contributed by atoms with van der Waals surface area (Å²) in [6.07, 6.45) is 2.36. The van der Waals surface area contributed by atoms with E-state index in [0.717, 1.165) is 19.6 Å². The Morgan fingerprint density at radius 1 is 1.24 bits per heavy atom. The predicted molar refractivity (Wildman–Crippen MR) is 70.2 cm³/mol. The van der Waals surface area contributed by atoms with Gasteiger partial charge in [-0.25, -0.2) is 0 Å². The van der Waals surface area contributed by atoms with Crippen molar-refractivity contribution in [1.82, 2.24) is 4.90 Å². The van der Waals surface area contributed by atoms with E-state index in [4.69, 9.17) is 0 Å². The molecule has 0 atom stereocenters. The van der Waals surface area contributed by atoms with Gasteiger partial charge in [0.15, 0.2) is 0 Å². The Morgan fingerprint density at radius 3 is 2.47 bits per heavy atom. The number of hydrogen-bond donors (Lipinski definition) is 2. The van der Waals surface area contributed by atoms with Crippen molar-refractivity contribution < 1.29 is 10.2 Å². The van der Waals surface area contributed by atoms with Crippen LogP contribution in [0.3, 0.4) is 0 Å². The van der Waals surface area contributed by atoms with Gasteiger partial charge in [-0.05, 0) is 18.6 Å². The molecule has 1 saturated heterocycles. The molecule has 3 nitrogen and oxygen atoms in total. The number of aliphatic hydroxyl groups excluding tert-OH is 2. The smallest absolute Gasteiger partial charge is 0.0534 e. The highest BCUT2D eigenvalue weighted by Gasteiger charge is 2.41. The first-order chi connectivity index (χ1) is 8.21. The minimum atomic E-state index is -0.247. The summed E-state index contributed by atoms with van der Waals surface area (Å²) < 4.78 is 0. The lowest BCUT2D eigenvalue weighted by molar-refractivity contribution is -0.0782. The number of aryl methyl sites for hydroxylation is 1. The van der Waals surface area contributed by atoms with Gasteiger partial charge in [-0.1, -0.05) is 13.3 Å². The summed E-state index contributed by atoms with van der Waals surface area (Å²) in [5.41, 5.74) is -0.247. The molecule has 0 amide bonds. The van der Waals surface area contributed by atoms with Crippen molar-refractivity contribution in [1.29, 1.82) is 0 Å². The van der Waals surface area contributed by atoms with Crippen LogP contribution < -0.4 is 0 Å². The van der Waals surface area contributed by atoms with Crippen molar-refractivity contribution in [2.24, 2.45) is 5.41 Å². The quantitative estimate of drug-likeness (QED) is 0.809. The maximum Gasteiger partial charge on any atom is 0.0534 e. The minimum absolute atomic E-state index is 0.0888. The summed E-state index contributed by atoms with van der Waals surface area (Å²) in [7, 11) is 0. The molecule has 17 heavy (non-hydrogen) atoms. The monoisotopic (exact) mass is 255 g/mol. The molecule has 1 aromatic rings. The SMILES string of the molecule is CCCc1ccc(CN2CC(CO)(CO)C2)s1. The topological polar surface area (TPSA) is 43.7 Å². The van der Waals surface area contributed by atoms with Gasteiger partial charge < -0.3 is 10.2 Å². The Balaban J connectivity index is 1.83. The summed E-state index contributed by atoms with van der Waals surface area (Å²) in [6, 6.07) is 4.42. The second-order valence-corrected chi connectivity index (χ2v) is 6.33. The van der Waals surface area contributed by atoms with Gasteiger partial charge in [0.2, 0.25) is 0 Å². The lowest BCUT2D eigenvalue weighted by Crippen LogP contribution is -2.59. The highest BCUT2D eigenvalue weighted by Crippen LogP contribution is 2.31.